The Morgan fingerprint density at radius 3 is 2.56 bits per heavy atom. The summed E-state index contributed by atoms with van der Waals surface area (Å²) < 4.78 is 21.2. The number of rotatable bonds is 4. The first kappa shape index (κ1) is 20.2. The van der Waals surface area contributed by atoms with Gasteiger partial charge in [0.1, 0.15) is 30.2 Å². The Balaban J connectivity index is 1.82. The van der Waals surface area contributed by atoms with Crippen LogP contribution in [0.4, 0.5) is 0 Å². The van der Waals surface area contributed by atoms with Gasteiger partial charge in [0, 0.05) is 12.3 Å². The molecule has 1 saturated carbocycles. The van der Waals surface area contributed by atoms with Gasteiger partial charge in [-0.25, -0.2) is 4.79 Å². The lowest BCUT2D eigenvalue weighted by Gasteiger charge is -2.42. The zero-order valence-corrected chi connectivity index (χ0v) is 14.9. The van der Waals surface area contributed by atoms with Crippen molar-refractivity contribution in [2.24, 2.45) is 17.8 Å². The van der Waals surface area contributed by atoms with E-state index in [9.17, 15) is 30.0 Å². The first-order valence-electron chi connectivity index (χ1n) is 8.72. The van der Waals surface area contributed by atoms with Crippen LogP contribution in [0.15, 0.2) is 11.8 Å². The molecule has 0 amide bonds. The molecule has 2 heterocycles. The normalized spacial score (nSPS) is 44.3. The summed E-state index contributed by atoms with van der Waals surface area (Å²) in [5.74, 6) is -2.28. The van der Waals surface area contributed by atoms with Crippen LogP contribution in [0.1, 0.15) is 13.3 Å². The summed E-state index contributed by atoms with van der Waals surface area (Å²) in [5.41, 5.74) is 0.102. The molecule has 0 radical (unpaired) electrons. The number of hydrogen-bond acceptors (Lipinski definition) is 10. The first-order chi connectivity index (χ1) is 12.8. The van der Waals surface area contributed by atoms with Gasteiger partial charge in [-0.1, -0.05) is 6.92 Å². The van der Waals surface area contributed by atoms with E-state index in [1.807, 2.05) is 6.92 Å². The van der Waals surface area contributed by atoms with Gasteiger partial charge in [-0.15, -0.1) is 0 Å². The molecule has 0 aromatic carbocycles. The Labute approximate surface area is 155 Å². The van der Waals surface area contributed by atoms with Crippen LogP contribution >= 0.6 is 0 Å². The van der Waals surface area contributed by atoms with Crippen LogP contribution in [-0.2, 0) is 28.5 Å². The number of carbonyl (C=O) groups is 2. The third kappa shape index (κ3) is 3.48. The number of Topliss-reactive ketones (excluding diaryl/α,β-unsaturated/α-hetero) is 1. The van der Waals surface area contributed by atoms with E-state index in [-0.39, 0.29) is 23.7 Å². The van der Waals surface area contributed by atoms with Crippen molar-refractivity contribution in [1.29, 1.82) is 0 Å². The second-order valence-electron chi connectivity index (χ2n) is 7.11. The molecule has 1 saturated heterocycles. The van der Waals surface area contributed by atoms with Gasteiger partial charge in [0.2, 0.25) is 6.29 Å². The van der Waals surface area contributed by atoms with Crippen LogP contribution in [-0.4, -0.2) is 82.9 Å². The lowest BCUT2D eigenvalue weighted by atomic mass is 9.83. The average molecular weight is 388 g/mol. The number of fused-ring (bicyclic) bond motifs is 1. The molecule has 0 bridgehead atoms. The quantitative estimate of drug-likeness (QED) is 0.400. The molecule has 27 heavy (non-hydrogen) atoms. The molecule has 3 aliphatic rings. The number of hydrogen-bond donors (Lipinski definition) is 4. The molecule has 0 spiro atoms. The SMILES string of the molecule is COC(=O)C1=CO[C@H](O[C@H]2O[C@@H](CO)[C@H](O)[C@H](O)[C@@H]2O)[C@@H]2[C@H]1C(=O)C[C@H]2C. The van der Waals surface area contributed by atoms with Crippen molar-refractivity contribution in [1.82, 2.24) is 0 Å². The van der Waals surface area contributed by atoms with Crippen LogP contribution in [0.25, 0.3) is 0 Å². The van der Waals surface area contributed by atoms with Gasteiger partial charge >= 0.3 is 5.97 Å². The van der Waals surface area contributed by atoms with Crippen molar-refractivity contribution < 1.29 is 49.0 Å². The molecule has 3 rings (SSSR count). The van der Waals surface area contributed by atoms with E-state index in [2.05, 4.69) is 0 Å². The molecule has 2 aliphatic heterocycles. The third-order valence-corrected chi connectivity index (χ3v) is 5.43. The second kappa shape index (κ2) is 7.82. The molecule has 9 atom stereocenters. The Bertz CT molecular complexity index is 617. The Kier molecular flexibility index (Phi) is 5.84. The van der Waals surface area contributed by atoms with Crippen molar-refractivity contribution in [2.75, 3.05) is 13.7 Å². The predicted octanol–water partition coefficient (Wildman–Crippen LogP) is -1.94. The van der Waals surface area contributed by atoms with Gasteiger partial charge in [-0.3, -0.25) is 4.79 Å². The fraction of sp³-hybridized carbons (Fsp3) is 0.765. The van der Waals surface area contributed by atoms with Crippen LogP contribution in [0.2, 0.25) is 0 Å². The second-order valence-corrected chi connectivity index (χ2v) is 7.11. The van der Waals surface area contributed by atoms with E-state index in [0.29, 0.717) is 0 Å². The van der Waals surface area contributed by atoms with Crippen molar-refractivity contribution in [3.8, 4) is 0 Å². The van der Waals surface area contributed by atoms with Crippen molar-refractivity contribution in [3.05, 3.63) is 11.8 Å². The van der Waals surface area contributed by atoms with E-state index in [1.54, 1.807) is 0 Å². The topological polar surface area (TPSA) is 152 Å². The highest BCUT2D eigenvalue weighted by Gasteiger charge is 2.54. The first-order valence-corrected chi connectivity index (χ1v) is 8.72. The Morgan fingerprint density at radius 2 is 1.93 bits per heavy atom. The number of esters is 1. The largest absolute Gasteiger partial charge is 0.472 e. The van der Waals surface area contributed by atoms with Crippen molar-refractivity contribution >= 4 is 11.8 Å². The molecule has 0 aromatic rings. The van der Waals surface area contributed by atoms with Gasteiger partial charge < -0.3 is 39.4 Å². The summed E-state index contributed by atoms with van der Waals surface area (Å²) >= 11 is 0. The highest BCUT2D eigenvalue weighted by molar-refractivity contribution is 5.99. The maximum absolute atomic E-state index is 12.4. The van der Waals surface area contributed by atoms with Crippen LogP contribution < -0.4 is 0 Å². The molecular formula is C17H24O10. The molecule has 4 N–H and O–H groups in total. The van der Waals surface area contributed by atoms with Gasteiger partial charge in [0.05, 0.1) is 31.5 Å². The van der Waals surface area contributed by atoms with Gasteiger partial charge in [-0.05, 0) is 5.92 Å². The minimum Gasteiger partial charge on any atom is -0.472 e. The zero-order chi connectivity index (χ0) is 19.9. The molecule has 2 fully saturated rings. The molecule has 0 unspecified atom stereocenters. The van der Waals surface area contributed by atoms with E-state index in [1.165, 1.54) is 7.11 Å². The lowest BCUT2D eigenvalue weighted by Crippen LogP contribution is -2.60. The molecule has 1 aliphatic carbocycles. The van der Waals surface area contributed by atoms with Crippen molar-refractivity contribution in [2.45, 2.75) is 50.3 Å². The molecule has 0 aromatic heterocycles. The predicted molar refractivity (Wildman–Crippen MR) is 85.6 cm³/mol. The van der Waals surface area contributed by atoms with Gasteiger partial charge in [0.25, 0.3) is 0 Å². The standard InChI is InChI=1S/C17H24O10/c1-6-3-8(19)11-7(15(23)24-2)5-25-16(10(6)11)27-17-14(22)13(21)12(20)9(4-18)26-17/h5-6,9-14,16-18,20-22H,3-4H2,1-2H3/t6-,9+,10+,11-,12+,13+,14+,16-,17-/m1/s1. The van der Waals surface area contributed by atoms with E-state index in [0.717, 1.165) is 6.26 Å². The molecular weight excluding hydrogens is 364 g/mol. The zero-order valence-electron chi connectivity index (χ0n) is 14.9. The maximum Gasteiger partial charge on any atom is 0.337 e. The number of methoxy groups -OCH3 is 1. The fourth-order valence-corrected chi connectivity index (χ4v) is 3.96. The highest BCUT2D eigenvalue weighted by atomic mass is 16.8. The Morgan fingerprint density at radius 1 is 1.22 bits per heavy atom. The molecule has 10 nitrogen and oxygen atoms in total. The molecule has 10 heteroatoms. The van der Waals surface area contributed by atoms with E-state index >= 15 is 0 Å². The number of carbonyl (C=O) groups excluding carboxylic acids is 2. The van der Waals surface area contributed by atoms with Crippen LogP contribution in [0.3, 0.4) is 0 Å². The molecule has 152 valence electrons. The summed E-state index contributed by atoms with van der Waals surface area (Å²) in [6.45, 7) is 1.22. The number of aliphatic hydroxyl groups is 4. The fourth-order valence-electron chi connectivity index (χ4n) is 3.96. The maximum atomic E-state index is 12.4. The smallest absolute Gasteiger partial charge is 0.337 e. The highest BCUT2D eigenvalue weighted by Crippen LogP contribution is 2.45. The summed E-state index contributed by atoms with van der Waals surface area (Å²) in [6, 6.07) is 0. The summed E-state index contributed by atoms with van der Waals surface area (Å²) in [7, 11) is 1.21. The van der Waals surface area contributed by atoms with Crippen LogP contribution in [0.5, 0.6) is 0 Å². The number of ether oxygens (including phenoxy) is 4. The van der Waals surface area contributed by atoms with Crippen molar-refractivity contribution in [3.63, 3.8) is 0 Å². The lowest BCUT2D eigenvalue weighted by molar-refractivity contribution is -0.342. The average Bonchev–Trinajstić information content (AvgIpc) is 2.96. The van der Waals surface area contributed by atoms with Gasteiger partial charge in [0.15, 0.2) is 6.29 Å². The number of ketones is 1. The third-order valence-electron chi connectivity index (χ3n) is 5.43. The van der Waals surface area contributed by atoms with Crippen LogP contribution in [0, 0.1) is 17.8 Å². The van der Waals surface area contributed by atoms with E-state index in [4.69, 9.17) is 18.9 Å². The monoisotopic (exact) mass is 388 g/mol. The minimum absolute atomic E-state index is 0.102. The Hall–Kier alpha value is -1.56. The van der Waals surface area contributed by atoms with E-state index < -0.39 is 61.4 Å². The minimum atomic E-state index is -1.59. The summed E-state index contributed by atoms with van der Waals surface area (Å²) in [5, 5.41) is 39.1. The summed E-state index contributed by atoms with van der Waals surface area (Å²) in [4.78, 5) is 24.4. The van der Waals surface area contributed by atoms with Gasteiger partial charge in [-0.2, -0.15) is 0 Å². The number of aliphatic hydroxyl groups excluding tert-OH is 4. The summed E-state index contributed by atoms with van der Waals surface area (Å²) in [6.07, 6.45) is -6.93.